The van der Waals surface area contributed by atoms with Crippen molar-refractivity contribution < 1.29 is 4.39 Å². The maximum Gasteiger partial charge on any atom is 0.123 e. The number of benzene rings is 16. The minimum atomic E-state index is -0.194. The Morgan fingerprint density at radius 2 is 0.717 bits per heavy atom. The zero-order valence-corrected chi connectivity index (χ0v) is 62.0. The molecule has 0 spiro atoms. The molecule has 0 aliphatic carbocycles. The summed E-state index contributed by atoms with van der Waals surface area (Å²) in [6.07, 6.45) is 1.94. The van der Waals surface area contributed by atoms with Crippen molar-refractivity contribution in [3.8, 4) is 71.9 Å². The van der Waals surface area contributed by atoms with Gasteiger partial charge in [-0.05, 0) is 188 Å². The van der Waals surface area contributed by atoms with E-state index >= 15 is 0 Å². The van der Waals surface area contributed by atoms with Gasteiger partial charge in [0.1, 0.15) is 11.5 Å². The lowest BCUT2D eigenvalue weighted by molar-refractivity contribution is 0.628. The molecule has 0 bridgehead atoms. The summed E-state index contributed by atoms with van der Waals surface area (Å²) in [7, 11) is 0. The average Bonchev–Trinajstić information content (AvgIpc) is 0.938. The Morgan fingerprint density at radius 3 is 1.35 bits per heavy atom. The molecule has 5 heteroatoms. The fourth-order valence-electron chi connectivity index (χ4n) is 12.6. The van der Waals surface area contributed by atoms with Gasteiger partial charge in [-0.2, -0.15) is 0 Å². The van der Waals surface area contributed by atoms with Crippen LogP contribution in [0.2, 0.25) is 0 Å². The zero-order valence-electron chi connectivity index (χ0n) is 61.2. The van der Waals surface area contributed by atoms with E-state index in [0.29, 0.717) is 0 Å². The standard InChI is InChI=1S/C21H16.C15H13N3.C15H12.C13H11F.2C13H12.C11H10S/c1-15-13-14-21(19-11-5-4-9-17(15)19)20-12-6-8-16-7-2-3-10-18(16)20;1-12-7-9-13(10-8-12)15-11-18(17-16-15)14-5-3-2-4-6-14;1-11-6-9-15-13(10-11)8-7-12-4-2-3-5-14(12)15;1-10-2-4-11(5-3-10)12-6-8-13(14)9-7-12;1-11-7-5-6-10-13(11)12-8-3-2-4-9-12;1-11-6-5-9-13(10-11)12-7-3-2-4-8-12;1-9-4-6-10(7-5-9)11-3-2-8-12-11/h2-14H,1H3;2-11H,1H3;2-10H,1H3;2-9H,1H3;2*2-10H,1H3;2-8H,1H3. The molecular weight excluding hydrogens is 1310 g/mol. The zero-order chi connectivity index (χ0) is 73.4. The summed E-state index contributed by atoms with van der Waals surface area (Å²) in [5, 5.41) is 21.1. The first-order chi connectivity index (χ1) is 51.9. The summed E-state index contributed by atoms with van der Waals surface area (Å²) < 4.78 is 14.5. The van der Waals surface area contributed by atoms with E-state index in [1.807, 2.05) is 60.8 Å². The number of hydrogen-bond acceptors (Lipinski definition) is 3. The van der Waals surface area contributed by atoms with Gasteiger partial charge >= 0.3 is 0 Å². The molecule has 0 fully saturated rings. The second-order valence-corrected chi connectivity index (χ2v) is 27.3. The van der Waals surface area contributed by atoms with Gasteiger partial charge in [0.2, 0.25) is 0 Å². The first kappa shape index (κ1) is 73.1. The highest BCUT2D eigenvalue weighted by Crippen LogP contribution is 2.36. The van der Waals surface area contributed by atoms with Crippen LogP contribution < -0.4 is 0 Å². The number of rotatable bonds is 7. The predicted octanol–water partition coefficient (Wildman–Crippen LogP) is 28.4. The van der Waals surface area contributed by atoms with E-state index < -0.39 is 0 Å². The van der Waals surface area contributed by atoms with Crippen LogP contribution in [0.25, 0.3) is 115 Å². The van der Waals surface area contributed by atoms with Gasteiger partial charge in [-0.25, -0.2) is 9.07 Å². The molecule has 18 aromatic rings. The van der Waals surface area contributed by atoms with Gasteiger partial charge in [-0.15, -0.1) is 16.4 Å². The average molecular weight is 1390 g/mol. The molecule has 0 aliphatic heterocycles. The number of hydrogen-bond donors (Lipinski definition) is 0. The molecule has 0 atom stereocenters. The van der Waals surface area contributed by atoms with Crippen LogP contribution in [0.3, 0.4) is 0 Å². The van der Waals surface area contributed by atoms with Gasteiger partial charge in [0.05, 0.1) is 11.9 Å². The Balaban J connectivity index is 0.000000117. The third-order valence-electron chi connectivity index (χ3n) is 18.4. The van der Waals surface area contributed by atoms with Crippen molar-refractivity contribution in [1.29, 1.82) is 0 Å². The molecule has 106 heavy (non-hydrogen) atoms. The third kappa shape index (κ3) is 19.7. The number of halogens is 1. The maximum atomic E-state index is 12.7. The molecule has 18 rings (SSSR count). The lowest BCUT2D eigenvalue weighted by Gasteiger charge is -2.11. The Kier molecular flexibility index (Phi) is 25.1. The smallest absolute Gasteiger partial charge is 0.123 e. The molecule has 518 valence electrons. The minimum absolute atomic E-state index is 0.194. The topological polar surface area (TPSA) is 30.7 Å². The maximum absolute atomic E-state index is 12.7. The van der Waals surface area contributed by atoms with Crippen LogP contribution in [0.5, 0.6) is 0 Å². The van der Waals surface area contributed by atoms with Crippen LogP contribution in [-0.2, 0) is 0 Å². The van der Waals surface area contributed by atoms with Gasteiger partial charge < -0.3 is 0 Å². The SMILES string of the molecule is Cc1ccc(-c2ccc(F)cc2)cc1.Cc1ccc(-c2cccc3ccccc23)c2ccccc12.Cc1ccc(-c2cccs2)cc1.Cc1ccc(-c2cn(-c3ccccc3)nn2)cc1.Cc1ccc2c(ccc3ccccc32)c1.Cc1cccc(-c2ccccc2)c1.Cc1ccccc1-c1ccccc1. The lowest BCUT2D eigenvalue weighted by Crippen LogP contribution is -1.93. The van der Waals surface area contributed by atoms with Gasteiger partial charge in [0.25, 0.3) is 0 Å². The van der Waals surface area contributed by atoms with Crippen molar-refractivity contribution in [2.45, 2.75) is 48.5 Å². The van der Waals surface area contributed by atoms with Crippen LogP contribution in [0.4, 0.5) is 4.39 Å². The van der Waals surface area contributed by atoms with E-state index in [2.05, 4.69) is 367 Å². The highest BCUT2D eigenvalue weighted by atomic mass is 32.1. The summed E-state index contributed by atoms with van der Waals surface area (Å²) in [5.41, 5.74) is 23.4. The molecule has 0 amide bonds. The van der Waals surface area contributed by atoms with E-state index in [1.54, 1.807) is 28.2 Å². The largest absolute Gasteiger partial charge is 0.220 e. The van der Waals surface area contributed by atoms with Crippen molar-refractivity contribution in [2.75, 3.05) is 0 Å². The first-order valence-corrected chi connectivity index (χ1v) is 36.8. The molecule has 3 nitrogen and oxygen atoms in total. The number of fused-ring (bicyclic) bond motifs is 5. The van der Waals surface area contributed by atoms with Crippen molar-refractivity contribution in [3.05, 3.63) is 439 Å². The van der Waals surface area contributed by atoms with Crippen LogP contribution in [0.1, 0.15) is 38.9 Å². The quantitative estimate of drug-likeness (QED) is 0.149. The van der Waals surface area contributed by atoms with E-state index in [4.69, 9.17) is 0 Å². The number of thiophene rings is 1. The molecule has 0 saturated heterocycles. The second-order valence-electron chi connectivity index (χ2n) is 26.4. The highest BCUT2D eigenvalue weighted by molar-refractivity contribution is 7.13. The molecule has 0 saturated carbocycles. The van der Waals surface area contributed by atoms with E-state index in [-0.39, 0.29) is 5.82 Å². The fraction of sp³-hybridized carbons (Fsp3) is 0.0693. The Bertz CT molecular complexity index is 5710. The summed E-state index contributed by atoms with van der Waals surface area (Å²) in [4.78, 5) is 1.34. The molecule has 0 radical (unpaired) electrons. The van der Waals surface area contributed by atoms with Gasteiger partial charge in [0.15, 0.2) is 0 Å². The van der Waals surface area contributed by atoms with Crippen molar-refractivity contribution in [2.24, 2.45) is 0 Å². The van der Waals surface area contributed by atoms with Crippen molar-refractivity contribution in [3.63, 3.8) is 0 Å². The van der Waals surface area contributed by atoms with Crippen LogP contribution in [-0.4, -0.2) is 15.0 Å². The number of aryl methyl sites for hydroxylation is 7. The first-order valence-electron chi connectivity index (χ1n) is 35.9. The summed E-state index contributed by atoms with van der Waals surface area (Å²) in [5.74, 6) is -0.194. The van der Waals surface area contributed by atoms with Crippen molar-refractivity contribution in [1.82, 2.24) is 15.0 Å². The Labute approximate surface area is 628 Å². The van der Waals surface area contributed by atoms with Gasteiger partial charge in [-0.1, -0.05) is 385 Å². The molecule has 2 aromatic heterocycles. The molecule has 0 aliphatic rings. The van der Waals surface area contributed by atoms with Gasteiger partial charge in [-0.3, -0.25) is 0 Å². The Morgan fingerprint density at radius 1 is 0.264 bits per heavy atom. The minimum Gasteiger partial charge on any atom is -0.220 e. The van der Waals surface area contributed by atoms with E-state index in [9.17, 15) is 4.39 Å². The summed E-state index contributed by atoms with van der Waals surface area (Å²) in [6.45, 7) is 14.8. The molecule has 16 aromatic carbocycles. The monoisotopic (exact) mass is 1390 g/mol. The Hall–Kier alpha value is -12.7. The summed E-state index contributed by atoms with van der Waals surface area (Å²) in [6, 6.07) is 132. The molecule has 0 unspecified atom stereocenters. The lowest BCUT2D eigenvalue weighted by atomic mass is 9.92. The van der Waals surface area contributed by atoms with Gasteiger partial charge in [0, 0.05) is 10.4 Å². The number of aromatic nitrogens is 3. The summed E-state index contributed by atoms with van der Waals surface area (Å²) >= 11 is 1.78. The molecule has 0 N–H and O–H groups in total. The van der Waals surface area contributed by atoms with Crippen LogP contribution in [0.15, 0.2) is 394 Å². The highest BCUT2D eigenvalue weighted by Gasteiger charge is 2.10. The molecular formula is C101H86FN3S. The predicted molar refractivity (Wildman–Crippen MR) is 454 cm³/mol. The number of nitrogens with zero attached hydrogens (tertiary/aromatic N) is 3. The molecule has 2 heterocycles. The number of para-hydroxylation sites is 1. The third-order valence-corrected chi connectivity index (χ3v) is 19.3. The van der Waals surface area contributed by atoms with Crippen LogP contribution in [0, 0.1) is 54.3 Å². The normalized spacial score (nSPS) is 10.5. The fourth-order valence-corrected chi connectivity index (χ4v) is 13.4. The van der Waals surface area contributed by atoms with E-state index in [0.717, 1.165) is 28.1 Å². The van der Waals surface area contributed by atoms with Crippen LogP contribution >= 0.6 is 11.3 Å². The van der Waals surface area contributed by atoms with E-state index in [1.165, 1.54) is 138 Å². The van der Waals surface area contributed by atoms with Crippen molar-refractivity contribution >= 4 is 54.4 Å². The second kappa shape index (κ2) is 36.5.